The maximum Gasteiger partial charge on any atom is 0.248 e. The molecule has 3 unspecified atom stereocenters. The molecule has 3 fully saturated rings. The van der Waals surface area contributed by atoms with Gasteiger partial charge in [-0.3, -0.25) is 0 Å². The van der Waals surface area contributed by atoms with Crippen LogP contribution in [0.25, 0.3) is 0 Å². The van der Waals surface area contributed by atoms with E-state index in [0.29, 0.717) is 18.8 Å². The molecule has 104 valence electrons. The number of aliphatic hydroxyl groups is 1. The lowest BCUT2D eigenvalue weighted by atomic mass is 9.72. The molecule has 18 heavy (non-hydrogen) atoms. The molecule has 0 aromatic carbocycles. The Hall–Kier alpha value is -0.180. The predicted octanol–water partition coefficient (Wildman–Crippen LogP) is 4.14. The van der Waals surface area contributed by atoms with Crippen molar-refractivity contribution in [1.29, 1.82) is 0 Å². The topological polar surface area (TPSA) is 20.2 Å². The normalized spacial score (nSPS) is 44.2. The second-order valence-electron chi connectivity index (χ2n) is 7.09. The summed E-state index contributed by atoms with van der Waals surface area (Å²) in [5, 5.41) is 10.7. The van der Waals surface area contributed by atoms with Crippen molar-refractivity contribution in [3.8, 4) is 0 Å². The summed E-state index contributed by atoms with van der Waals surface area (Å²) in [4.78, 5) is 0. The lowest BCUT2D eigenvalue weighted by Crippen LogP contribution is -2.37. The van der Waals surface area contributed by atoms with Crippen LogP contribution in [-0.4, -0.2) is 16.6 Å². The molecule has 3 aliphatic carbocycles. The minimum atomic E-state index is -2.47. The van der Waals surface area contributed by atoms with Gasteiger partial charge >= 0.3 is 0 Å². The zero-order chi connectivity index (χ0) is 12.8. The average molecular weight is 258 g/mol. The van der Waals surface area contributed by atoms with Crippen LogP contribution >= 0.6 is 0 Å². The lowest BCUT2D eigenvalue weighted by Gasteiger charge is -2.38. The first kappa shape index (κ1) is 12.8. The van der Waals surface area contributed by atoms with Crippen LogP contribution in [0.5, 0.6) is 0 Å². The van der Waals surface area contributed by atoms with Gasteiger partial charge in [0.05, 0.1) is 5.60 Å². The van der Waals surface area contributed by atoms with E-state index < -0.39 is 11.5 Å². The van der Waals surface area contributed by atoms with Gasteiger partial charge in [0.2, 0.25) is 5.92 Å². The Labute approximate surface area is 108 Å². The summed E-state index contributed by atoms with van der Waals surface area (Å²) in [6, 6.07) is 0. The SMILES string of the molecule is OC1(CC2CCC(F)(F)C2)CCCC(C2CC2)C1. The smallest absolute Gasteiger partial charge is 0.248 e. The van der Waals surface area contributed by atoms with Crippen LogP contribution in [0.2, 0.25) is 0 Å². The van der Waals surface area contributed by atoms with Crippen LogP contribution in [0.4, 0.5) is 8.78 Å². The molecule has 0 aromatic heterocycles. The fourth-order valence-electron chi connectivity index (χ4n) is 4.29. The van der Waals surface area contributed by atoms with Gasteiger partial charge in [-0.1, -0.05) is 6.42 Å². The third-order valence-corrected chi connectivity index (χ3v) is 5.32. The minimum Gasteiger partial charge on any atom is -0.390 e. The number of rotatable bonds is 3. The molecule has 0 heterocycles. The second kappa shape index (κ2) is 4.43. The van der Waals surface area contributed by atoms with Gasteiger partial charge in [0.1, 0.15) is 0 Å². The van der Waals surface area contributed by atoms with E-state index >= 15 is 0 Å². The molecule has 3 atom stereocenters. The Balaban J connectivity index is 1.57. The molecule has 3 rings (SSSR count). The largest absolute Gasteiger partial charge is 0.390 e. The van der Waals surface area contributed by atoms with E-state index in [1.807, 2.05) is 0 Å². The second-order valence-corrected chi connectivity index (χ2v) is 7.09. The Morgan fingerprint density at radius 1 is 0.944 bits per heavy atom. The highest BCUT2D eigenvalue weighted by Gasteiger charge is 2.45. The van der Waals surface area contributed by atoms with E-state index in [0.717, 1.165) is 25.2 Å². The van der Waals surface area contributed by atoms with E-state index in [1.165, 1.54) is 19.3 Å². The van der Waals surface area contributed by atoms with Crippen molar-refractivity contribution in [3.63, 3.8) is 0 Å². The van der Waals surface area contributed by atoms with Gasteiger partial charge in [-0.25, -0.2) is 8.78 Å². The Morgan fingerprint density at radius 2 is 1.72 bits per heavy atom. The van der Waals surface area contributed by atoms with Crippen molar-refractivity contribution >= 4 is 0 Å². The molecule has 1 N–H and O–H groups in total. The monoisotopic (exact) mass is 258 g/mol. The van der Waals surface area contributed by atoms with Crippen molar-refractivity contribution in [2.24, 2.45) is 17.8 Å². The molecule has 3 heteroatoms. The molecule has 0 bridgehead atoms. The zero-order valence-corrected chi connectivity index (χ0v) is 11.0. The van der Waals surface area contributed by atoms with Gasteiger partial charge in [0, 0.05) is 12.8 Å². The summed E-state index contributed by atoms with van der Waals surface area (Å²) in [5.41, 5.74) is -0.628. The van der Waals surface area contributed by atoms with Crippen molar-refractivity contribution in [1.82, 2.24) is 0 Å². The molecule has 0 spiro atoms. The van der Waals surface area contributed by atoms with E-state index in [1.54, 1.807) is 0 Å². The van der Waals surface area contributed by atoms with Gasteiger partial charge in [0.15, 0.2) is 0 Å². The fourth-order valence-corrected chi connectivity index (χ4v) is 4.29. The summed E-state index contributed by atoms with van der Waals surface area (Å²) in [5.74, 6) is -0.915. The molecule has 0 amide bonds. The van der Waals surface area contributed by atoms with Gasteiger partial charge in [-0.2, -0.15) is 0 Å². The van der Waals surface area contributed by atoms with Crippen LogP contribution in [-0.2, 0) is 0 Å². The van der Waals surface area contributed by atoms with Crippen LogP contribution < -0.4 is 0 Å². The molecule has 3 saturated carbocycles. The summed E-state index contributed by atoms with van der Waals surface area (Å²) in [6.07, 6.45) is 7.93. The van der Waals surface area contributed by atoms with Gasteiger partial charge in [-0.05, 0) is 62.7 Å². The summed E-state index contributed by atoms with van der Waals surface area (Å²) in [7, 11) is 0. The highest BCUT2D eigenvalue weighted by atomic mass is 19.3. The van der Waals surface area contributed by atoms with Crippen LogP contribution in [0.1, 0.15) is 64.2 Å². The number of hydrogen-bond donors (Lipinski definition) is 1. The lowest BCUT2D eigenvalue weighted by molar-refractivity contribution is -0.0450. The number of hydrogen-bond acceptors (Lipinski definition) is 1. The van der Waals surface area contributed by atoms with E-state index in [-0.39, 0.29) is 18.8 Å². The number of halogens is 2. The molecule has 3 aliphatic rings. The Morgan fingerprint density at radius 3 is 2.33 bits per heavy atom. The Kier molecular flexibility index (Phi) is 3.16. The van der Waals surface area contributed by atoms with E-state index in [9.17, 15) is 13.9 Å². The zero-order valence-electron chi connectivity index (χ0n) is 11.0. The molecule has 0 saturated heterocycles. The quantitative estimate of drug-likeness (QED) is 0.806. The summed E-state index contributed by atoms with van der Waals surface area (Å²) < 4.78 is 26.4. The molecule has 0 aliphatic heterocycles. The molecular weight excluding hydrogens is 234 g/mol. The first-order valence-electron chi connectivity index (χ1n) is 7.56. The summed E-state index contributed by atoms with van der Waals surface area (Å²) in [6.45, 7) is 0. The third kappa shape index (κ3) is 2.87. The molecule has 0 radical (unpaired) electrons. The third-order valence-electron chi connectivity index (χ3n) is 5.32. The van der Waals surface area contributed by atoms with Crippen molar-refractivity contribution in [2.45, 2.75) is 75.7 Å². The number of alkyl halides is 2. The van der Waals surface area contributed by atoms with E-state index in [4.69, 9.17) is 0 Å². The van der Waals surface area contributed by atoms with Crippen molar-refractivity contribution < 1.29 is 13.9 Å². The first-order valence-corrected chi connectivity index (χ1v) is 7.56. The highest BCUT2D eigenvalue weighted by Crippen LogP contribution is 2.50. The minimum absolute atomic E-state index is 0.00338. The average Bonchev–Trinajstić information content (AvgIpc) is 3.05. The maximum absolute atomic E-state index is 13.2. The van der Waals surface area contributed by atoms with Gasteiger partial charge in [-0.15, -0.1) is 0 Å². The first-order chi connectivity index (χ1) is 8.46. The predicted molar refractivity (Wildman–Crippen MR) is 66.5 cm³/mol. The highest BCUT2D eigenvalue weighted by molar-refractivity contribution is 4.95. The molecule has 1 nitrogen and oxygen atoms in total. The summed E-state index contributed by atoms with van der Waals surface area (Å²) >= 11 is 0. The van der Waals surface area contributed by atoms with Crippen LogP contribution in [0, 0.1) is 17.8 Å². The van der Waals surface area contributed by atoms with Crippen molar-refractivity contribution in [2.75, 3.05) is 0 Å². The van der Waals surface area contributed by atoms with Crippen LogP contribution in [0.15, 0.2) is 0 Å². The Bertz CT molecular complexity index is 314. The van der Waals surface area contributed by atoms with Gasteiger partial charge in [0.25, 0.3) is 0 Å². The maximum atomic E-state index is 13.2. The molecule has 0 aromatic rings. The van der Waals surface area contributed by atoms with Crippen molar-refractivity contribution in [3.05, 3.63) is 0 Å². The van der Waals surface area contributed by atoms with Crippen LogP contribution in [0.3, 0.4) is 0 Å². The molecular formula is C15H24F2O. The fraction of sp³-hybridized carbons (Fsp3) is 1.00. The standard InChI is InChI=1S/C15H24F2O/c16-15(17)7-5-11(9-15)8-14(18)6-1-2-13(10-14)12-3-4-12/h11-13,18H,1-10H2. The van der Waals surface area contributed by atoms with Gasteiger partial charge < -0.3 is 5.11 Å². The van der Waals surface area contributed by atoms with E-state index in [2.05, 4.69) is 0 Å².